The Balaban J connectivity index is 2.09. The second-order valence-electron chi connectivity index (χ2n) is 8.02. The van der Waals surface area contributed by atoms with Crippen LogP contribution in [-0.4, -0.2) is 0 Å². The van der Waals surface area contributed by atoms with Gasteiger partial charge in [-0.25, -0.2) is 0 Å². The fourth-order valence-corrected chi connectivity index (χ4v) is 5.72. The summed E-state index contributed by atoms with van der Waals surface area (Å²) in [5.74, 6) is 0.636. The number of thiophene rings is 1. The molecule has 0 saturated heterocycles. The van der Waals surface area contributed by atoms with Crippen molar-refractivity contribution in [3.8, 4) is 17.3 Å². The van der Waals surface area contributed by atoms with Crippen LogP contribution in [-0.2, 0) is 13.5 Å². The highest BCUT2D eigenvalue weighted by molar-refractivity contribution is 7.19. The molecule has 140 valence electrons. The second kappa shape index (κ2) is 7.04. The van der Waals surface area contributed by atoms with Crippen LogP contribution in [0.1, 0.15) is 35.4 Å². The summed E-state index contributed by atoms with van der Waals surface area (Å²) in [7, 11) is 2.10. The molecule has 0 bridgehead atoms. The molecule has 4 aromatic rings. The van der Waals surface area contributed by atoms with Crippen LogP contribution in [0.15, 0.2) is 42.6 Å². The molecule has 0 N–H and O–H groups in total. The van der Waals surface area contributed by atoms with Crippen LogP contribution in [0.4, 0.5) is 0 Å². The van der Waals surface area contributed by atoms with Crippen molar-refractivity contribution in [2.24, 2.45) is 13.0 Å². The minimum absolute atomic E-state index is 0.636. The third kappa shape index (κ3) is 2.89. The Morgan fingerprint density at radius 3 is 2.43 bits per heavy atom. The van der Waals surface area contributed by atoms with Gasteiger partial charge in [0, 0.05) is 16.3 Å². The Bertz CT molecular complexity index is 1260. The number of rotatable bonds is 3. The smallest absolute Gasteiger partial charge is 0.200 e. The Morgan fingerprint density at radius 2 is 1.75 bits per heavy atom. The Hall–Kier alpha value is -2.70. The molecule has 0 aliphatic carbocycles. The van der Waals surface area contributed by atoms with E-state index in [4.69, 9.17) is 0 Å². The average Bonchev–Trinajstić information content (AvgIpc) is 2.98. The van der Waals surface area contributed by atoms with Crippen LogP contribution >= 0.6 is 11.3 Å². The zero-order valence-electron chi connectivity index (χ0n) is 17.1. The normalized spacial score (nSPS) is 11.5. The lowest BCUT2D eigenvalue weighted by atomic mass is 9.93. The van der Waals surface area contributed by atoms with E-state index in [1.807, 2.05) is 23.5 Å². The number of hydrogen-bond donors (Lipinski definition) is 0. The SMILES string of the molecule is Cc1c(-c2c3sc(CC(C)C)c(C)c3cc[n+]2C)cc(C#N)c2ccccc12. The molecule has 2 aromatic heterocycles. The summed E-state index contributed by atoms with van der Waals surface area (Å²) in [6, 6.07) is 14.9. The van der Waals surface area contributed by atoms with Crippen LogP contribution < -0.4 is 4.57 Å². The maximum absolute atomic E-state index is 9.77. The largest absolute Gasteiger partial charge is 0.230 e. The van der Waals surface area contributed by atoms with Gasteiger partial charge in [0.15, 0.2) is 6.20 Å². The van der Waals surface area contributed by atoms with Gasteiger partial charge in [0.1, 0.15) is 11.7 Å². The monoisotopic (exact) mass is 385 g/mol. The van der Waals surface area contributed by atoms with E-state index in [-0.39, 0.29) is 0 Å². The van der Waals surface area contributed by atoms with Gasteiger partial charge in [-0.05, 0) is 54.2 Å². The van der Waals surface area contributed by atoms with Gasteiger partial charge in [-0.3, -0.25) is 0 Å². The van der Waals surface area contributed by atoms with Crippen LogP contribution in [0.2, 0.25) is 0 Å². The third-order valence-electron chi connectivity index (χ3n) is 5.61. The fraction of sp³-hybridized carbons (Fsp3) is 0.280. The van der Waals surface area contributed by atoms with E-state index in [0.717, 1.165) is 28.3 Å². The maximum atomic E-state index is 9.77. The maximum Gasteiger partial charge on any atom is 0.230 e. The van der Waals surface area contributed by atoms with Gasteiger partial charge in [0.25, 0.3) is 0 Å². The Kier molecular flexibility index (Phi) is 4.69. The molecular formula is C25H25N2S+. The summed E-state index contributed by atoms with van der Waals surface area (Å²) in [5.41, 5.74) is 5.73. The predicted molar refractivity (Wildman–Crippen MR) is 119 cm³/mol. The number of benzene rings is 2. The molecule has 0 spiro atoms. The molecule has 3 heteroatoms. The highest BCUT2D eigenvalue weighted by atomic mass is 32.1. The van der Waals surface area contributed by atoms with Crippen LogP contribution in [0.3, 0.4) is 0 Å². The Morgan fingerprint density at radius 1 is 1.04 bits per heavy atom. The molecule has 2 heterocycles. The molecule has 0 aliphatic heterocycles. The van der Waals surface area contributed by atoms with E-state index in [2.05, 4.69) is 75.8 Å². The first kappa shape index (κ1) is 18.7. The molecule has 0 unspecified atom stereocenters. The van der Waals surface area contributed by atoms with E-state index in [1.54, 1.807) is 0 Å². The molecule has 0 atom stereocenters. The Labute approximate surface area is 170 Å². The van der Waals surface area contributed by atoms with E-state index in [9.17, 15) is 5.26 Å². The first-order valence-electron chi connectivity index (χ1n) is 9.75. The summed E-state index contributed by atoms with van der Waals surface area (Å²) in [4.78, 5) is 1.47. The third-order valence-corrected chi connectivity index (χ3v) is 6.94. The van der Waals surface area contributed by atoms with Crippen molar-refractivity contribution < 1.29 is 4.57 Å². The average molecular weight is 386 g/mol. The zero-order chi connectivity index (χ0) is 20.0. The number of fused-ring (bicyclic) bond motifs is 2. The number of hydrogen-bond acceptors (Lipinski definition) is 2. The molecule has 2 aromatic carbocycles. The van der Waals surface area contributed by atoms with Crippen molar-refractivity contribution in [3.63, 3.8) is 0 Å². The molecule has 0 saturated carbocycles. The van der Waals surface area contributed by atoms with Crippen LogP contribution in [0.5, 0.6) is 0 Å². The topological polar surface area (TPSA) is 27.7 Å². The predicted octanol–water partition coefficient (Wildman–Crippen LogP) is 6.23. The lowest BCUT2D eigenvalue weighted by molar-refractivity contribution is -0.659. The quantitative estimate of drug-likeness (QED) is 0.384. The zero-order valence-corrected chi connectivity index (χ0v) is 17.9. The number of aromatic nitrogens is 1. The number of aryl methyl sites for hydroxylation is 3. The summed E-state index contributed by atoms with van der Waals surface area (Å²) < 4.78 is 3.52. The van der Waals surface area contributed by atoms with Crippen LogP contribution in [0, 0.1) is 31.1 Å². The lowest BCUT2D eigenvalue weighted by Gasteiger charge is -2.10. The van der Waals surface area contributed by atoms with E-state index < -0.39 is 0 Å². The van der Waals surface area contributed by atoms with Gasteiger partial charge >= 0.3 is 0 Å². The van der Waals surface area contributed by atoms with Gasteiger partial charge in [-0.1, -0.05) is 38.1 Å². The first-order chi connectivity index (χ1) is 13.4. The molecule has 0 amide bonds. The second-order valence-corrected chi connectivity index (χ2v) is 9.13. The van der Waals surface area contributed by atoms with E-state index in [1.165, 1.54) is 31.8 Å². The number of nitriles is 1. The molecular weight excluding hydrogens is 360 g/mol. The summed E-state index contributed by atoms with van der Waals surface area (Å²) in [6.07, 6.45) is 3.26. The van der Waals surface area contributed by atoms with Gasteiger partial charge in [-0.15, -0.1) is 11.3 Å². The van der Waals surface area contributed by atoms with E-state index in [0.29, 0.717) is 5.92 Å². The molecule has 4 rings (SSSR count). The molecule has 28 heavy (non-hydrogen) atoms. The fourth-order valence-electron chi connectivity index (χ4n) is 4.11. The van der Waals surface area contributed by atoms with Crippen molar-refractivity contribution >= 4 is 32.2 Å². The highest BCUT2D eigenvalue weighted by Gasteiger charge is 2.23. The minimum Gasteiger partial charge on any atom is -0.200 e. The van der Waals surface area contributed by atoms with Gasteiger partial charge < -0.3 is 0 Å². The van der Waals surface area contributed by atoms with Gasteiger partial charge in [-0.2, -0.15) is 9.83 Å². The minimum atomic E-state index is 0.636. The van der Waals surface area contributed by atoms with Crippen molar-refractivity contribution in [1.82, 2.24) is 0 Å². The van der Waals surface area contributed by atoms with Gasteiger partial charge in [0.05, 0.1) is 17.2 Å². The first-order valence-corrected chi connectivity index (χ1v) is 10.6. The number of pyridine rings is 1. The molecule has 0 fully saturated rings. The lowest BCUT2D eigenvalue weighted by Crippen LogP contribution is -2.30. The van der Waals surface area contributed by atoms with Crippen molar-refractivity contribution in [1.29, 1.82) is 5.26 Å². The standard InChI is InChI=1S/C25H25N2S/c1-15(2)12-23-17(4)20-10-11-27(5)24(25(20)28-23)22-13-18(14-26)21-9-7-6-8-19(21)16(22)3/h6-11,13,15H,12H2,1-5H3/q+1. The van der Waals surface area contributed by atoms with Crippen molar-refractivity contribution in [2.45, 2.75) is 34.1 Å². The van der Waals surface area contributed by atoms with Crippen molar-refractivity contribution in [3.05, 3.63) is 64.2 Å². The summed E-state index contributed by atoms with van der Waals surface area (Å²) in [5, 5.41) is 13.3. The van der Waals surface area contributed by atoms with E-state index >= 15 is 0 Å². The van der Waals surface area contributed by atoms with Gasteiger partial charge in [0.2, 0.25) is 5.69 Å². The number of nitrogens with zero attached hydrogens (tertiary/aromatic N) is 2. The highest BCUT2D eigenvalue weighted by Crippen LogP contribution is 2.39. The summed E-state index contributed by atoms with van der Waals surface area (Å²) >= 11 is 1.91. The van der Waals surface area contributed by atoms with Crippen LogP contribution in [0.25, 0.3) is 32.1 Å². The molecule has 2 nitrogen and oxygen atoms in total. The van der Waals surface area contributed by atoms with Crippen molar-refractivity contribution in [2.75, 3.05) is 0 Å². The molecule has 0 aliphatic rings. The summed E-state index contributed by atoms with van der Waals surface area (Å²) in [6.45, 7) is 8.97. The molecule has 0 radical (unpaired) electrons.